The largest absolute Gasteiger partial charge is 0.488 e. The van der Waals surface area contributed by atoms with Crippen molar-refractivity contribution in [1.29, 1.82) is 0 Å². The van der Waals surface area contributed by atoms with E-state index in [-0.39, 0.29) is 12.3 Å². The van der Waals surface area contributed by atoms with Gasteiger partial charge in [0, 0.05) is 13.0 Å². The molecule has 1 heterocycles. The van der Waals surface area contributed by atoms with Crippen LogP contribution in [-0.4, -0.2) is 18.9 Å². The second kappa shape index (κ2) is 6.46. The Morgan fingerprint density at radius 2 is 1.95 bits per heavy atom. The first-order valence-electron chi connectivity index (χ1n) is 7.17. The Morgan fingerprint density at radius 1 is 1.19 bits per heavy atom. The minimum Gasteiger partial charge on any atom is -0.488 e. The van der Waals surface area contributed by atoms with Gasteiger partial charge in [0.2, 0.25) is 0 Å². The van der Waals surface area contributed by atoms with Gasteiger partial charge in [-0.3, -0.25) is 5.32 Å². The molecule has 1 aliphatic rings. The number of para-hydroxylation sites is 2. The molecule has 2 atom stereocenters. The van der Waals surface area contributed by atoms with E-state index in [4.69, 9.17) is 9.47 Å². The van der Waals surface area contributed by atoms with Crippen molar-refractivity contribution < 1.29 is 9.47 Å². The van der Waals surface area contributed by atoms with Crippen molar-refractivity contribution in [3.8, 4) is 11.5 Å². The standard InChI is InChI=1S/C18H19NO2/c1-2-18(21-15-9-4-3-5-10-15)19-13-16-12-14-8-6-7-11-17(14)20-16/h2-11,16,18-19H,1,12-13H2. The van der Waals surface area contributed by atoms with Gasteiger partial charge < -0.3 is 9.47 Å². The van der Waals surface area contributed by atoms with Crippen molar-refractivity contribution in [2.75, 3.05) is 6.54 Å². The van der Waals surface area contributed by atoms with Gasteiger partial charge in [0.15, 0.2) is 6.23 Å². The molecule has 0 fully saturated rings. The molecule has 2 aromatic carbocycles. The van der Waals surface area contributed by atoms with Gasteiger partial charge in [-0.05, 0) is 29.8 Å². The maximum absolute atomic E-state index is 5.90. The molecule has 0 bridgehead atoms. The van der Waals surface area contributed by atoms with Crippen molar-refractivity contribution in [1.82, 2.24) is 5.32 Å². The molecule has 1 N–H and O–H groups in total. The second-order valence-corrected chi connectivity index (χ2v) is 5.05. The summed E-state index contributed by atoms with van der Waals surface area (Å²) < 4.78 is 11.7. The molecular weight excluding hydrogens is 262 g/mol. The maximum atomic E-state index is 5.90. The van der Waals surface area contributed by atoms with Crippen molar-refractivity contribution in [3.63, 3.8) is 0 Å². The monoisotopic (exact) mass is 281 g/mol. The van der Waals surface area contributed by atoms with Gasteiger partial charge in [0.25, 0.3) is 0 Å². The van der Waals surface area contributed by atoms with E-state index >= 15 is 0 Å². The molecular formula is C18H19NO2. The molecule has 21 heavy (non-hydrogen) atoms. The first-order chi connectivity index (χ1) is 10.3. The predicted octanol–water partition coefficient (Wildman–Crippen LogP) is 3.17. The molecule has 3 rings (SSSR count). The lowest BCUT2D eigenvalue weighted by Crippen LogP contribution is -2.39. The van der Waals surface area contributed by atoms with Crippen LogP contribution in [0.4, 0.5) is 0 Å². The highest BCUT2D eigenvalue weighted by molar-refractivity contribution is 5.37. The highest BCUT2D eigenvalue weighted by Gasteiger charge is 2.22. The van der Waals surface area contributed by atoms with E-state index in [9.17, 15) is 0 Å². The second-order valence-electron chi connectivity index (χ2n) is 5.05. The summed E-state index contributed by atoms with van der Waals surface area (Å²) in [5.74, 6) is 1.81. The van der Waals surface area contributed by atoms with E-state index in [1.165, 1.54) is 5.56 Å². The van der Waals surface area contributed by atoms with Crippen molar-refractivity contribution in [2.24, 2.45) is 0 Å². The Bertz CT molecular complexity index is 572. The molecule has 0 saturated heterocycles. The summed E-state index contributed by atoms with van der Waals surface area (Å²) in [4.78, 5) is 0. The topological polar surface area (TPSA) is 30.5 Å². The molecule has 0 spiro atoms. The van der Waals surface area contributed by atoms with Crippen LogP contribution in [0.2, 0.25) is 0 Å². The van der Waals surface area contributed by atoms with Crippen LogP contribution in [0.15, 0.2) is 67.3 Å². The normalized spacial score (nSPS) is 17.6. The van der Waals surface area contributed by atoms with Gasteiger partial charge >= 0.3 is 0 Å². The number of hydrogen-bond donors (Lipinski definition) is 1. The van der Waals surface area contributed by atoms with E-state index in [1.54, 1.807) is 6.08 Å². The smallest absolute Gasteiger partial charge is 0.169 e. The van der Waals surface area contributed by atoms with Gasteiger partial charge in [0.1, 0.15) is 17.6 Å². The van der Waals surface area contributed by atoms with E-state index in [2.05, 4.69) is 18.0 Å². The fourth-order valence-electron chi connectivity index (χ4n) is 2.43. The molecule has 0 saturated carbocycles. The van der Waals surface area contributed by atoms with E-state index in [1.807, 2.05) is 48.5 Å². The van der Waals surface area contributed by atoms with Crippen molar-refractivity contribution in [3.05, 3.63) is 72.8 Å². The first-order valence-corrected chi connectivity index (χ1v) is 7.17. The van der Waals surface area contributed by atoms with Crippen LogP contribution >= 0.6 is 0 Å². The molecule has 2 aromatic rings. The Morgan fingerprint density at radius 3 is 2.71 bits per heavy atom. The number of hydrogen-bond acceptors (Lipinski definition) is 3. The molecule has 0 amide bonds. The molecule has 3 nitrogen and oxygen atoms in total. The Hall–Kier alpha value is -2.26. The predicted molar refractivity (Wildman–Crippen MR) is 83.6 cm³/mol. The average molecular weight is 281 g/mol. The molecule has 0 radical (unpaired) electrons. The average Bonchev–Trinajstić information content (AvgIpc) is 2.95. The fourth-order valence-corrected chi connectivity index (χ4v) is 2.43. The lowest BCUT2D eigenvalue weighted by atomic mass is 10.1. The molecule has 0 aromatic heterocycles. The Labute approximate surface area is 125 Å². The van der Waals surface area contributed by atoms with E-state index < -0.39 is 0 Å². The van der Waals surface area contributed by atoms with Crippen molar-refractivity contribution in [2.45, 2.75) is 18.8 Å². The highest BCUT2D eigenvalue weighted by atomic mass is 16.5. The SMILES string of the molecule is C=CC(NCC1Cc2ccccc2O1)Oc1ccccc1. The summed E-state index contributed by atoms with van der Waals surface area (Å²) in [5.41, 5.74) is 1.27. The summed E-state index contributed by atoms with van der Waals surface area (Å²) in [7, 11) is 0. The Balaban J connectivity index is 1.52. The van der Waals surface area contributed by atoms with Crippen LogP contribution in [-0.2, 0) is 6.42 Å². The minimum absolute atomic E-state index is 0.143. The zero-order valence-corrected chi connectivity index (χ0v) is 11.9. The molecule has 0 aliphatic carbocycles. The number of fused-ring (bicyclic) bond motifs is 1. The fraction of sp³-hybridized carbons (Fsp3) is 0.222. The van der Waals surface area contributed by atoms with E-state index in [0.717, 1.165) is 24.5 Å². The van der Waals surface area contributed by atoms with Gasteiger partial charge in [0.05, 0.1) is 0 Å². The lowest BCUT2D eigenvalue weighted by molar-refractivity contribution is 0.169. The third-order valence-corrected chi connectivity index (χ3v) is 3.48. The zero-order valence-electron chi connectivity index (χ0n) is 11.9. The van der Waals surface area contributed by atoms with Gasteiger partial charge in [-0.2, -0.15) is 0 Å². The summed E-state index contributed by atoms with van der Waals surface area (Å²) in [5, 5.41) is 3.33. The number of ether oxygens (including phenoxy) is 2. The van der Waals surface area contributed by atoms with Gasteiger partial charge in [-0.25, -0.2) is 0 Å². The van der Waals surface area contributed by atoms with Crippen LogP contribution < -0.4 is 14.8 Å². The van der Waals surface area contributed by atoms with Crippen LogP contribution in [0, 0.1) is 0 Å². The van der Waals surface area contributed by atoms with Gasteiger partial charge in [-0.15, -0.1) is 0 Å². The van der Waals surface area contributed by atoms with E-state index in [0.29, 0.717) is 0 Å². The lowest BCUT2D eigenvalue weighted by Gasteiger charge is -2.19. The van der Waals surface area contributed by atoms with Crippen LogP contribution in [0.1, 0.15) is 5.56 Å². The summed E-state index contributed by atoms with van der Waals surface area (Å²) in [6.07, 6.45) is 2.61. The third-order valence-electron chi connectivity index (χ3n) is 3.48. The summed E-state index contributed by atoms with van der Waals surface area (Å²) in [6, 6.07) is 17.9. The summed E-state index contributed by atoms with van der Waals surface area (Å²) >= 11 is 0. The molecule has 1 aliphatic heterocycles. The van der Waals surface area contributed by atoms with Crippen molar-refractivity contribution >= 4 is 0 Å². The number of nitrogens with one attached hydrogen (secondary N) is 1. The molecule has 2 unspecified atom stereocenters. The Kier molecular flexibility index (Phi) is 4.22. The summed E-state index contributed by atoms with van der Waals surface area (Å²) in [6.45, 7) is 4.53. The molecule has 108 valence electrons. The van der Waals surface area contributed by atoms with Gasteiger partial charge in [-0.1, -0.05) is 43.0 Å². The third kappa shape index (κ3) is 3.44. The minimum atomic E-state index is -0.222. The molecule has 3 heteroatoms. The number of benzene rings is 2. The highest BCUT2D eigenvalue weighted by Crippen LogP contribution is 2.27. The zero-order chi connectivity index (χ0) is 14.5. The first kappa shape index (κ1) is 13.7. The number of rotatable bonds is 6. The van der Waals surface area contributed by atoms with Crippen LogP contribution in [0.3, 0.4) is 0 Å². The van der Waals surface area contributed by atoms with Crippen LogP contribution in [0.5, 0.6) is 11.5 Å². The quantitative estimate of drug-likeness (QED) is 0.651. The maximum Gasteiger partial charge on any atom is 0.169 e. The van der Waals surface area contributed by atoms with Crippen LogP contribution in [0.25, 0.3) is 0 Å².